The number of Topliss-reactive ketones (excluding diaryl/α,β-unsaturated/α-hetero) is 1. The Labute approximate surface area is 118 Å². The van der Waals surface area contributed by atoms with Gasteiger partial charge in [-0.2, -0.15) is 12.6 Å². The van der Waals surface area contributed by atoms with Gasteiger partial charge in [0.2, 0.25) is 0 Å². The molecule has 0 aliphatic rings. The number of rotatable bonds is 4. The number of benzene rings is 1. The van der Waals surface area contributed by atoms with Gasteiger partial charge in [-0.25, -0.2) is 4.98 Å². The van der Waals surface area contributed by atoms with E-state index in [0.717, 1.165) is 20.7 Å². The Morgan fingerprint density at radius 2 is 2.06 bits per heavy atom. The molecular formula is C12H10BrNOS2. The second kappa shape index (κ2) is 5.80. The van der Waals surface area contributed by atoms with Gasteiger partial charge in [0.1, 0.15) is 10.8 Å². The quantitative estimate of drug-likeness (QED) is 0.869. The molecule has 1 aromatic heterocycles. The van der Waals surface area contributed by atoms with E-state index in [4.69, 9.17) is 0 Å². The maximum Gasteiger partial charge on any atom is 0.149 e. The lowest BCUT2D eigenvalue weighted by Gasteiger charge is -1.96. The zero-order chi connectivity index (χ0) is 12.3. The molecular weight excluding hydrogens is 318 g/mol. The number of carbonyl (C=O) groups excluding carboxylic acids is 1. The zero-order valence-electron chi connectivity index (χ0n) is 8.89. The van der Waals surface area contributed by atoms with E-state index in [1.54, 1.807) is 0 Å². The molecule has 0 unspecified atom stereocenters. The van der Waals surface area contributed by atoms with Crippen LogP contribution in [0.4, 0.5) is 0 Å². The highest BCUT2D eigenvalue weighted by Crippen LogP contribution is 2.23. The van der Waals surface area contributed by atoms with E-state index in [1.807, 2.05) is 29.6 Å². The number of thiol groups is 1. The zero-order valence-corrected chi connectivity index (χ0v) is 12.2. The van der Waals surface area contributed by atoms with Crippen LogP contribution in [0.5, 0.6) is 0 Å². The summed E-state index contributed by atoms with van der Waals surface area (Å²) in [4.78, 5) is 15.7. The van der Waals surface area contributed by atoms with Crippen molar-refractivity contribution in [2.75, 3.05) is 5.75 Å². The third-order valence-electron chi connectivity index (χ3n) is 2.22. The number of hydrogen-bond donors (Lipinski definition) is 1. The highest BCUT2D eigenvalue weighted by Gasteiger charge is 2.07. The van der Waals surface area contributed by atoms with Gasteiger partial charge < -0.3 is 0 Å². The van der Waals surface area contributed by atoms with Crippen LogP contribution >= 0.6 is 39.9 Å². The summed E-state index contributed by atoms with van der Waals surface area (Å²) >= 11 is 8.86. The summed E-state index contributed by atoms with van der Waals surface area (Å²) in [6, 6.07) is 7.97. The molecule has 2 nitrogen and oxygen atoms in total. The van der Waals surface area contributed by atoms with Crippen LogP contribution in [0.15, 0.2) is 34.1 Å². The van der Waals surface area contributed by atoms with Gasteiger partial charge >= 0.3 is 0 Å². The average Bonchev–Trinajstić information content (AvgIpc) is 2.78. The van der Waals surface area contributed by atoms with E-state index in [-0.39, 0.29) is 11.5 Å². The van der Waals surface area contributed by atoms with Crippen molar-refractivity contribution in [1.82, 2.24) is 4.98 Å². The topological polar surface area (TPSA) is 30.0 Å². The summed E-state index contributed by atoms with van der Waals surface area (Å²) in [7, 11) is 0. The van der Waals surface area contributed by atoms with E-state index in [2.05, 4.69) is 33.5 Å². The molecule has 1 aromatic carbocycles. The molecule has 0 spiro atoms. The van der Waals surface area contributed by atoms with Crippen LogP contribution in [-0.2, 0) is 11.2 Å². The van der Waals surface area contributed by atoms with Gasteiger partial charge in [-0.05, 0) is 12.1 Å². The van der Waals surface area contributed by atoms with Crippen molar-refractivity contribution in [3.05, 3.63) is 39.1 Å². The first-order valence-corrected chi connectivity index (χ1v) is 7.32. The second-order valence-electron chi connectivity index (χ2n) is 3.51. The number of nitrogens with zero attached hydrogens (tertiary/aromatic N) is 1. The highest BCUT2D eigenvalue weighted by molar-refractivity contribution is 9.10. The SMILES string of the molecule is O=C(CS)Cc1nc(-c2ccc(Br)cc2)cs1. The fourth-order valence-corrected chi connectivity index (χ4v) is 2.58. The van der Waals surface area contributed by atoms with Gasteiger partial charge in [0.25, 0.3) is 0 Å². The Bertz CT molecular complexity index is 522. The second-order valence-corrected chi connectivity index (χ2v) is 5.68. The van der Waals surface area contributed by atoms with Gasteiger partial charge in [-0.1, -0.05) is 28.1 Å². The molecule has 0 amide bonds. The van der Waals surface area contributed by atoms with Crippen LogP contribution in [0.25, 0.3) is 11.3 Å². The highest BCUT2D eigenvalue weighted by atomic mass is 79.9. The van der Waals surface area contributed by atoms with E-state index < -0.39 is 0 Å². The Hall–Kier alpha value is -0.650. The van der Waals surface area contributed by atoms with Crippen molar-refractivity contribution in [1.29, 1.82) is 0 Å². The molecule has 0 bridgehead atoms. The molecule has 0 radical (unpaired) electrons. The van der Waals surface area contributed by atoms with Crippen LogP contribution < -0.4 is 0 Å². The number of ketones is 1. The number of carbonyl (C=O) groups is 1. The Morgan fingerprint density at radius 1 is 1.35 bits per heavy atom. The lowest BCUT2D eigenvalue weighted by atomic mass is 10.2. The third-order valence-corrected chi connectivity index (χ3v) is 3.95. The monoisotopic (exact) mass is 327 g/mol. The first-order chi connectivity index (χ1) is 8.19. The minimum Gasteiger partial charge on any atom is -0.298 e. The van der Waals surface area contributed by atoms with Crippen molar-refractivity contribution >= 4 is 45.7 Å². The number of thiazole rings is 1. The molecule has 0 saturated carbocycles. The molecule has 0 atom stereocenters. The largest absolute Gasteiger partial charge is 0.298 e. The summed E-state index contributed by atoms with van der Waals surface area (Å²) < 4.78 is 1.04. The summed E-state index contributed by atoms with van der Waals surface area (Å²) in [5, 5.41) is 2.83. The lowest BCUT2D eigenvalue weighted by Crippen LogP contribution is -2.03. The van der Waals surface area contributed by atoms with Crippen LogP contribution in [0.2, 0.25) is 0 Å². The summed E-state index contributed by atoms with van der Waals surface area (Å²) in [6.07, 6.45) is 0.380. The van der Waals surface area contributed by atoms with Crippen molar-refractivity contribution < 1.29 is 4.79 Å². The lowest BCUT2D eigenvalue weighted by molar-refractivity contribution is -0.115. The standard InChI is InChI=1S/C12H10BrNOS2/c13-9-3-1-8(2-4-9)11-7-17-12(14-11)5-10(15)6-16/h1-4,7,16H,5-6H2. The Morgan fingerprint density at radius 3 is 2.71 bits per heavy atom. The summed E-state index contributed by atoms with van der Waals surface area (Å²) in [5.74, 6) is 0.373. The minimum atomic E-state index is 0.102. The van der Waals surface area contributed by atoms with E-state index >= 15 is 0 Å². The molecule has 0 aliphatic heterocycles. The van der Waals surface area contributed by atoms with Gasteiger partial charge in [0, 0.05) is 21.2 Å². The van der Waals surface area contributed by atoms with Crippen molar-refractivity contribution in [3.8, 4) is 11.3 Å². The van der Waals surface area contributed by atoms with Gasteiger partial charge in [0.15, 0.2) is 0 Å². The van der Waals surface area contributed by atoms with E-state index in [1.165, 1.54) is 11.3 Å². The number of halogens is 1. The van der Waals surface area contributed by atoms with Crippen molar-refractivity contribution in [2.24, 2.45) is 0 Å². The fraction of sp³-hybridized carbons (Fsp3) is 0.167. The molecule has 2 aromatic rings. The van der Waals surface area contributed by atoms with Crippen LogP contribution in [-0.4, -0.2) is 16.5 Å². The summed E-state index contributed by atoms with van der Waals surface area (Å²) in [6.45, 7) is 0. The molecule has 88 valence electrons. The first-order valence-electron chi connectivity index (χ1n) is 5.02. The Kier molecular flexibility index (Phi) is 4.36. The average molecular weight is 328 g/mol. The van der Waals surface area contributed by atoms with Crippen LogP contribution in [0.3, 0.4) is 0 Å². The molecule has 0 fully saturated rings. The molecule has 0 aliphatic carbocycles. The molecule has 0 N–H and O–H groups in total. The van der Waals surface area contributed by atoms with Crippen molar-refractivity contribution in [3.63, 3.8) is 0 Å². The maximum absolute atomic E-state index is 11.3. The third kappa shape index (κ3) is 3.40. The van der Waals surface area contributed by atoms with Crippen LogP contribution in [0, 0.1) is 0 Å². The maximum atomic E-state index is 11.3. The molecule has 17 heavy (non-hydrogen) atoms. The number of hydrogen-bond acceptors (Lipinski definition) is 4. The minimum absolute atomic E-state index is 0.102. The molecule has 0 saturated heterocycles. The predicted octanol–water partition coefficient (Wildman–Crippen LogP) is 3.61. The van der Waals surface area contributed by atoms with Crippen molar-refractivity contribution in [2.45, 2.75) is 6.42 Å². The first kappa shape index (κ1) is 12.8. The molecule has 1 heterocycles. The van der Waals surface area contributed by atoms with Gasteiger partial charge in [0.05, 0.1) is 12.1 Å². The molecule has 2 rings (SSSR count). The molecule has 5 heteroatoms. The van der Waals surface area contributed by atoms with E-state index in [9.17, 15) is 4.79 Å². The van der Waals surface area contributed by atoms with E-state index in [0.29, 0.717) is 6.42 Å². The number of aromatic nitrogens is 1. The predicted molar refractivity (Wildman–Crippen MR) is 77.8 cm³/mol. The Balaban J connectivity index is 2.18. The van der Waals surface area contributed by atoms with Crippen LogP contribution in [0.1, 0.15) is 5.01 Å². The fourth-order valence-electron chi connectivity index (χ4n) is 1.37. The smallest absolute Gasteiger partial charge is 0.149 e. The van der Waals surface area contributed by atoms with Gasteiger partial charge in [-0.3, -0.25) is 4.79 Å². The normalized spacial score (nSPS) is 10.5. The summed E-state index contributed by atoms with van der Waals surface area (Å²) in [5.41, 5.74) is 1.98. The van der Waals surface area contributed by atoms with Gasteiger partial charge in [-0.15, -0.1) is 11.3 Å².